The molecular weight excluding hydrogens is 198 g/mol. The number of rotatable bonds is 4. The number of aliphatic hydroxyl groups is 1. The van der Waals surface area contributed by atoms with Crippen molar-refractivity contribution in [3.05, 3.63) is 35.4 Å². The number of aliphatic hydroxyl groups excluding tert-OH is 1. The average molecular weight is 214 g/mol. The Kier molecular flexibility index (Phi) is 4.21. The first kappa shape index (κ1) is 12.1. The van der Waals surface area contributed by atoms with E-state index in [2.05, 4.69) is 0 Å². The van der Waals surface area contributed by atoms with Crippen LogP contribution in [0.3, 0.4) is 0 Å². The van der Waals surface area contributed by atoms with Gasteiger partial charge in [0.15, 0.2) is 0 Å². The number of hydrogen-bond acceptors (Lipinski definition) is 1. The molecule has 0 aromatic heterocycles. The Morgan fingerprint density at radius 1 is 1.07 bits per heavy atom. The smallest absolute Gasteiger partial charge is 0.263 e. The number of alkyl halides is 2. The summed E-state index contributed by atoms with van der Waals surface area (Å²) in [5.74, 6) is 0.384. The summed E-state index contributed by atoms with van der Waals surface area (Å²) in [6.45, 7) is 4.02. The quantitative estimate of drug-likeness (QED) is 0.810. The van der Waals surface area contributed by atoms with Crippen molar-refractivity contribution >= 4 is 0 Å². The summed E-state index contributed by atoms with van der Waals surface area (Å²) in [5, 5.41) is 9.73. The van der Waals surface area contributed by atoms with E-state index in [-0.39, 0.29) is 5.56 Å². The fraction of sp³-hybridized carbons (Fsp3) is 0.500. The Bertz CT molecular complexity index is 293. The Labute approximate surface area is 88.7 Å². The van der Waals surface area contributed by atoms with Crippen molar-refractivity contribution < 1.29 is 13.9 Å². The molecule has 1 aromatic rings. The Balaban J connectivity index is 2.71. The summed E-state index contributed by atoms with van der Waals surface area (Å²) >= 11 is 0. The highest BCUT2D eigenvalue weighted by molar-refractivity contribution is 5.24. The molecular formula is C12H16F2O. The standard InChI is InChI=1S/C12H16F2O/c1-8(2)7-11(15)9-3-5-10(6-4-9)12(13)14/h3-6,8,11-12,15H,7H2,1-2H3. The van der Waals surface area contributed by atoms with Crippen LogP contribution in [-0.2, 0) is 0 Å². The van der Waals surface area contributed by atoms with E-state index < -0.39 is 12.5 Å². The van der Waals surface area contributed by atoms with Gasteiger partial charge in [-0.1, -0.05) is 38.1 Å². The van der Waals surface area contributed by atoms with Crippen molar-refractivity contribution in [1.29, 1.82) is 0 Å². The summed E-state index contributed by atoms with van der Waals surface area (Å²) in [6, 6.07) is 5.86. The molecule has 1 rings (SSSR count). The Hall–Kier alpha value is -0.960. The normalized spacial score (nSPS) is 13.5. The molecule has 0 fully saturated rings. The maximum Gasteiger partial charge on any atom is 0.263 e. The molecule has 0 bridgehead atoms. The van der Waals surface area contributed by atoms with Gasteiger partial charge in [-0.2, -0.15) is 0 Å². The first-order valence-corrected chi connectivity index (χ1v) is 5.06. The lowest BCUT2D eigenvalue weighted by atomic mass is 9.99. The molecule has 15 heavy (non-hydrogen) atoms. The van der Waals surface area contributed by atoms with Gasteiger partial charge in [0, 0.05) is 5.56 Å². The van der Waals surface area contributed by atoms with E-state index in [0.717, 1.165) is 0 Å². The van der Waals surface area contributed by atoms with E-state index in [9.17, 15) is 13.9 Å². The van der Waals surface area contributed by atoms with Crippen molar-refractivity contribution in [3.8, 4) is 0 Å². The number of benzene rings is 1. The van der Waals surface area contributed by atoms with E-state index in [1.165, 1.54) is 12.1 Å². The minimum Gasteiger partial charge on any atom is -0.388 e. The molecule has 0 aliphatic heterocycles. The zero-order valence-electron chi connectivity index (χ0n) is 8.95. The first-order chi connectivity index (χ1) is 7.00. The van der Waals surface area contributed by atoms with Crippen molar-refractivity contribution in [2.24, 2.45) is 5.92 Å². The molecule has 0 aliphatic rings. The van der Waals surface area contributed by atoms with Crippen LogP contribution >= 0.6 is 0 Å². The first-order valence-electron chi connectivity index (χ1n) is 5.06. The maximum absolute atomic E-state index is 12.2. The zero-order valence-corrected chi connectivity index (χ0v) is 8.95. The van der Waals surface area contributed by atoms with E-state index in [1.54, 1.807) is 12.1 Å². The second kappa shape index (κ2) is 5.21. The zero-order chi connectivity index (χ0) is 11.4. The van der Waals surface area contributed by atoms with Gasteiger partial charge in [-0.3, -0.25) is 0 Å². The summed E-state index contributed by atoms with van der Waals surface area (Å²) < 4.78 is 24.5. The summed E-state index contributed by atoms with van der Waals surface area (Å²) in [5.41, 5.74) is 0.698. The lowest BCUT2D eigenvalue weighted by Crippen LogP contribution is -2.01. The van der Waals surface area contributed by atoms with Crippen molar-refractivity contribution in [3.63, 3.8) is 0 Å². The highest BCUT2D eigenvalue weighted by Gasteiger charge is 2.11. The van der Waals surface area contributed by atoms with Crippen LogP contribution < -0.4 is 0 Å². The van der Waals surface area contributed by atoms with Gasteiger partial charge >= 0.3 is 0 Å². The second-order valence-corrected chi connectivity index (χ2v) is 4.11. The molecule has 1 atom stereocenters. The van der Waals surface area contributed by atoms with Crippen LogP contribution in [0.1, 0.15) is 43.9 Å². The van der Waals surface area contributed by atoms with Crippen LogP contribution in [0, 0.1) is 5.92 Å². The van der Waals surface area contributed by atoms with E-state index in [0.29, 0.717) is 17.9 Å². The minimum atomic E-state index is -2.44. The molecule has 0 amide bonds. The predicted molar refractivity (Wildman–Crippen MR) is 55.8 cm³/mol. The van der Waals surface area contributed by atoms with Crippen LogP contribution in [0.2, 0.25) is 0 Å². The molecule has 1 unspecified atom stereocenters. The number of hydrogen-bond donors (Lipinski definition) is 1. The third kappa shape index (κ3) is 3.59. The highest BCUT2D eigenvalue weighted by atomic mass is 19.3. The van der Waals surface area contributed by atoms with Crippen molar-refractivity contribution in [1.82, 2.24) is 0 Å². The lowest BCUT2D eigenvalue weighted by Gasteiger charge is -2.13. The molecule has 0 spiro atoms. The molecule has 0 heterocycles. The molecule has 0 radical (unpaired) electrons. The van der Waals surface area contributed by atoms with Gasteiger partial charge in [-0.05, 0) is 17.9 Å². The van der Waals surface area contributed by atoms with Crippen LogP contribution in [0.4, 0.5) is 8.78 Å². The van der Waals surface area contributed by atoms with E-state index >= 15 is 0 Å². The molecule has 1 N–H and O–H groups in total. The maximum atomic E-state index is 12.2. The minimum absolute atomic E-state index is 0.00417. The van der Waals surface area contributed by atoms with Gasteiger partial charge in [0.25, 0.3) is 6.43 Å². The van der Waals surface area contributed by atoms with E-state index in [1.807, 2.05) is 13.8 Å². The topological polar surface area (TPSA) is 20.2 Å². The lowest BCUT2D eigenvalue weighted by molar-refractivity contribution is 0.147. The fourth-order valence-corrected chi connectivity index (χ4v) is 1.45. The molecule has 84 valence electrons. The van der Waals surface area contributed by atoms with Crippen LogP contribution in [0.25, 0.3) is 0 Å². The van der Waals surface area contributed by atoms with Gasteiger partial charge in [-0.15, -0.1) is 0 Å². The molecule has 0 saturated heterocycles. The predicted octanol–water partition coefficient (Wildman–Crippen LogP) is 3.70. The molecule has 0 saturated carbocycles. The van der Waals surface area contributed by atoms with Gasteiger partial charge in [0.05, 0.1) is 6.10 Å². The summed E-state index contributed by atoms with van der Waals surface area (Å²) in [6.07, 6.45) is -2.35. The average Bonchev–Trinajstić information content (AvgIpc) is 2.17. The molecule has 1 aromatic carbocycles. The molecule has 3 heteroatoms. The fourth-order valence-electron chi connectivity index (χ4n) is 1.45. The van der Waals surface area contributed by atoms with Gasteiger partial charge < -0.3 is 5.11 Å². The van der Waals surface area contributed by atoms with Gasteiger partial charge in [0.1, 0.15) is 0 Å². The third-order valence-electron chi connectivity index (χ3n) is 2.27. The molecule has 1 nitrogen and oxygen atoms in total. The third-order valence-corrected chi connectivity index (χ3v) is 2.27. The molecule has 0 aliphatic carbocycles. The summed E-state index contributed by atoms with van der Waals surface area (Å²) in [4.78, 5) is 0. The van der Waals surface area contributed by atoms with Gasteiger partial charge in [-0.25, -0.2) is 8.78 Å². The van der Waals surface area contributed by atoms with Gasteiger partial charge in [0.2, 0.25) is 0 Å². The second-order valence-electron chi connectivity index (χ2n) is 4.11. The monoisotopic (exact) mass is 214 g/mol. The SMILES string of the molecule is CC(C)CC(O)c1ccc(C(F)F)cc1. The van der Waals surface area contributed by atoms with Crippen LogP contribution in [0.5, 0.6) is 0 Å². The largest absolute Gasteiger partial charge is 0.388 e. The van der Waals surface area contributed by atoms with Crippen molar-refractivity contribution in [2.75, 3.05) is 0 Å². The van der Waals surface area contributed by atoms with Crippen LogP contribution in [-0.4, -0.2) is 5.11 Å². The van der Waals surface area contributed by atoms with Crippen molar-refractivity contribution in [2.45, 2.75) is 32.8 Å². The van der Waals surface area contributed by atoms with E-state index in [4.69, 9.17) is 0 Å². The Morgan fingerprint density at radius 2 is 1.53 bits per heavy atom. The van der Waals surface area contributed by atoms with Crippen LogP contribution in [0.15, 0.2) is 24.3 Å². The highest BCUT2D eigenvalue weighted by Crippen LogP contribution is 2.24. The number of halogens is 2. The summed E-state index contributed by atoms with van der Waals surface area (Å²) in [7, 11) is 0. The Morgan fingerprint density at radius 3 is 1.93 bits per heavy atom.